The van der Waals surface area contributed by atoms with Crippen molar-refractivity contribution in [1.82, 2.24) is 0 Å². The molecule has 0 saturated heterocycles. The van der Waals surface area contributed by atoms with Gasteiger partial charge < -0.3 is 0 Å². The Labute approximate surface area is 335 Å². The number of nitrogens with zero attached hydrogens (tertiary/aromatic N) is 2. The first-order valence-electron chi connectivity index (χ1n) is 19.5. The summed E-state index contributed by atoms with van der Waals surface area (Å²) in [6.07, 6.45) is 0. The third-order valence-corrected chi connectivity index (χ3v) is 11.9. The Bertz CT molecular complexity index is 3340. The zero-order valence-electron chi connectivity index (χ0n) is 31.4. The Kier molecular flexibility index (Phi) is 7.65. The normalized spacial score (nSPS) is 11.4. The number of hydrogen-bond donors (Lipinski definition) is 0. The fourth-order valence-electron chi connectivity index (χ4n) is 9.09. The number of rotatable bonds is 4. The molecule has 11 aromatic rings. The smallest absolute Gasteiger partial charge is 0.203 e. The number of fused-ring (bicyclic) bond motifs is 8. The van der Waals surface area contributed by atoms with E-state index in [0.717, 1.165) is 87.6 Å². The van der Waals surface area contributed by atoms with Gasteiger partial charge in [-0.1, -0.05) is 170 Å². The summed E-state index contributed by atoms with van der Waals surface area (Å²) < 4.78 is 0. The van der Waals surface area contributed by atoms with Crippen molar-refractivity contribution in [3.63, 3.8) is 0 Å². The van der Waals surface area contributed by atoms with Crippen molar-refractivity contribution in [2.75, 3.05) is 0 Å². The summed E-state index contributed by atoms with van der Waals surface area (Å²) in [6.45, 7) is 8.52. The highest BCUT2D eigenvalue weighted by Crippen LogP contribution is 2.47. The van der Waals surface area contributed by atoms with Gasteiger partial charge in [-0.3, -0.25) is 0 Å². The van der Waals surface area contributed by atoms with Gasteiger partial charge in [-0.25, -0.2) is 4.85 Å². The molecule has 0 aliphatic rings. The number of nitriles is 1. The van der Waals surface area contributed by atoms with Crippen LogP contribution in [-0.2, 0) is 0 Å². The van der Waals surface area contributed by atoms with Crippen LogP contribution in [0.15, 0.2) is 194 Å². The molecule has 0 fully saturated rings. The fourth-order valence-corrected chi connectivity index (χ4v) is 9.09. The summed E-state index contributed by atoms with van der Waals surface area (Å²) in [4.78, 5) is 4.22. The maximum atomic E-state index is 10.9. The van der Waals surface area contributed by atoms with E-state index < -0.39 is 0 Å². The van der Waals surface area contributed by atoms with Crippen molar-refractivity contribution in [1.29, 1.82) is 5.26 Å². The van der Waals surface area contributed by atoms with Crippen LogP contribution in [0.4, 0.5) is 5.69 Å². The standard InChI is InChI=1S/C56H32N2/c1-58-56-50-17-9-8-15-46(50)49-29-27-44(42-25-19-36-11-3-5-13-40(36)31-42)33-52(49)55(56)38-22-20-37(21-23-38)54-51-32-43(41-24-18-35-10-2-4-12-39(35)30-41)26-28-48(51)45-14-6-7-16-47(45)53(54)34-57/h2-33H. The molecule has 0 radical (unpaired) electrons. The van der Waals surface area contributed by atoms with Crippen molar-refractivity contribution < 1.29 is 0 Å². The molecular formula is C56H32N2. The average Bonchev–Trinajstić information content (AvgIpc) is 3.30. The molecule has 2 heteroatoms. The highest BCUT2D eigenvalue weighted by atomic mass is 14.7. The van der Waals surface area contributed by atoms with Crippen molar-refractivity contribution in [3.05, 3.63) is 211 Å². The quantitative estimate of drug-likeness (QED) is 0.131. The summed E-state index contributed by atoms with van der Waals surface area (Å²) in [7, 11) is 0. The first-order chi connectivity index (χ1) is 28.7. The molecule has 266 valence electrons. The first kappa shape index (κ1) is 33.3. The lowest BCUT2D eigenvalue weighted by atomic mass is 9.85. The maximum absolute atomic E-state index is 10.9. The number of hydrogen-bond acceptors (Lipinski definition) is 1. The van der Waals surface area contributed by atoms with Crippen LogP contribution in [0.3, 0.4) is 0 Å². The summed E-state index contributed by atoms with van der Waals surface area (Å²) in [5.74, 6) is 0. The third-order valence-electron chi connectivity index (χ3n) is 11.9. The predicted molar refractivity (Wildman–Crippen MR) is 244 cm³/mol. The molecule has 0 unspecified atom stereocenters. The van der Waals surface area contributed by atoms with Crippen LogP contribution in [0.5, 0.6) is 0 Å². The van der Waals surface area contributed by atoms with Gasteiger partial charge in [0.05, 0.1) is 12.1 Å². The molecule has 2 nitrogen and oxygen atoms in total. The van der Waals surface area contributed by atoms with E-state index >= 15 is 0 Å². The van der Waals surface area contributed by atoms with Crippen LogP contribution < -0.4 is 0 Å². The summed E-state index contributed by atoms with van der Waals surface area (Å²) in [5, 5.41) is 23.9. The lowest BCUT2D eigenvalue weighted by Crippen LogP contribution is -1.93. The SMILES string of the molecule is [C-]#[N+]c1c(-c2ccc(-c3c(C#N)c4ccccc4c4ccc(-c5ccc6ccccc6c5)cc34)cc2)c2cc(-c3ccc4ccccc4c3)ccc2c2ccccc12. The molecule has 0 aliphatic carbocycles. The third kappa shape index (κ3) is 5.25. The molecule has 0 bridgehead atoms. The van der Waals surface area contributed by atoms with E-state index in [9.17, 15) is 5.26 Å². The van der Waals surface area contributed by atoms with E-state index in [-0.39, 0.29) is 0 Å². The molecule has 0 heterocycles. The van der Waals surface area contributed by atoms with E-state index in [0.29, 0.717) is 11.3 Å². The van der Waals surface area contributed by atoms with Gasteiger partial charge in [0, 0.05) is 10.9 Å². The van der Waals surface area contributed by atoms with Gasteiger partial charge in [0.2, 0.25) is 5.69 Å². The summed E-state index contributed by atoms with van der Waals surface area (Å²) in [6, 6.07) is 71.0. The summed E-state index contributed by atoms with van der Waals surface area (Å²) in [5.41, 5.74) is 9.51. The molecule has 0 aliphatic heterocycles. The zero-order chi connectivity index (χ0) is 38.7. The fraction of sp³-hybridized carbons (Fsp3) is 0. The monoisotopic (exact) mass is 732 g/mol. The Morgan fingerprint density at radius 1 is 0.328 bits per heavy atom. The lowest BCUT2D eigenvalue weighted by Gasteiger charge is -2.18. The van der Waals surface area contributed by atoms with Crippen molar-refractivity contribution in [3.8, 4) is 50.6 Å². The zero-order valence-corrected chi connectivity index (χ0v) is 31.4. The van der Waals surface area contributed by atoms with Crippen LogP contribution in [0.25, 0.3) is 114 Å². The van der Waals surface area contributed by atoms with Gasteiger partial charge in [-0.15, -0.1) is 0 Å². The van der Waals surface area contributed by atoms with E-state index in [1.54, 1.807) is 0 Å². The molecule has 0 aromatic heterocycles. The van der Waals surface area contributed by atoms with Gasteiger partial charge in [-0.05, 0) is 122 Å². The Morgan fingerprint density at radius 3 is 1.24 bits per heavy atom. The lowest BCUT2D eigenvalue weighted by molar-refractivity contribution is 1.50. The largest absolute Gasteiger partial charge is 0.237 e. The highest BCUT2D eigenvalue weighted by Gasteiger charge is 2.20. The van der Waals surface area contributed by atoms with Gasteiger partial charge >= 0.3 is 0 Å². The highest BCUT2D eigenvalue weighted by molar-refractivity contribution is 6.22. The molecule has 11 aromatic carbocycles. The van der Waals surface area contributed by atoms with E-state index in [1.165, 1.54) is 21.5 Å². The Morgan fingerprint density at radius 2 is 0.707 bits per heavy atom. The van der Waals surface area contributed by atoms with E-state index in [2.05, 4.69) is 181 Å². The maximum Gasteiger partial charge on any atom is 0.203 e. The second-order valence-electron chi connectivity index (χ2n) is 15.0. The van der Waals surface area contributed by atoms with Crippen LogP contribution in [0, 0.1) is 17.9 Å². The van der Waals surface area contributed by atoms with Crippen molar-refractivity contribution in [2.45, 2.75) is 0 Å². The topological polar surface area (TPSA) is 28.1 Å². The molecule has 58 heavy (non-hydrogen) atoms. The molecule has 0 spiro atoms. The minimum absolute atomic E-state index is 0.639. The van der Waals surface area contributed by atoms with Crippen molar-refractivity contribution >= 4 is 70.3 Å². The van der Waals surface area contributed by atoms with Crippen LogP contribution in [-0.4, -0.2) is 0 Å². The predicted octanol–water partition coefficient (Wildman–Crippen LogP) is 15.7. The minimum atomic E-state index is 0.639. The van der Waals surface area contributed by atoms with Crippen LogP contribution in [0.1, 0.15) is 5.56 Å². The van der Waals surface area contributed by atoms with Gasteiger partial charge in [-0.2, -0.15) is 5.26 Å². The Balaban J connectivity index is 1.12. The van der Waals surface area contributed by atoms with E-state index in [4.69, 9.17) is 6.57 Å². The van der Waals surface area contributed by atoms with Crippen molar-refractivity contribution in [2.24, 2.45) is 0 Å². The number of benzene rings is 11. The summed E-state index contributed by atoms with van der Waals surface area (Å²) >= 11 is 0. The van der Waals surface area contributed by atoms with Gasteiger partial charge in [0.1, 0.15) is 6.07 Å². The molecule has 0 amide bonds. The van der Waals surface area contributed by atoms with Gasteiger partial charge in [0.15, 0.2) is 0 Å². The second kappa shape index (κ2) is 13.3. The molecule has 11 rings (SSSR count). The average molecular weight is 733 g/mol. The molecule has 0 N–H and O–H groups in total. The Hall–Kier alpha value is -8.04. The van der Waals surface area contributed by atoms with E-state index in [1.807, 2.05) is 24.3 Å². The first-order valence-corrected chi connectivity index (χ1v) is 19.5. The second-order valence-corrected chi connectivity index (χ2v) is 15.0. The van der Waals surface area contributed by atoms with Crippen LogP contribution >= 0.6 is 0 Å². The molecular weight excluding hydrogens is 701 g/mol. The minimum Gasteiger partial charge on any atom is -0.237 e. The molecule has 0 atom stereocenters. The van der Waals surface area contributed by atoms with Gasteiger partial charge in [0.25, 0.3) is 0 Å². The molecule has 0 saturated carbocycles. The van der Waals surface area contributed by atoms with Crippen LogP contribution in [0.2, 0.25) is 0 Å².